The van der Waals surface area contributed by atoms with E-state index >= 15 is 0 Å². The van der Waals surface area contributed by atoms with Crippen LogP contribution in [-0.4, -0.2) is 27.5 Å². The smallest absolute Gasteiger partial charge is 0.335 e. The molecule has 1 aliphatic heterocycles. The predicted molar refractivity (Wildman–Crippen MR) is 114 cm³/mol. The second kappa shape index (κ2) is 7.55. The lowest BCUT2D eigenvalue weighted by molar-refractivity contribution is 0.402. The molecule has 30 heavy (non-hydrogen) atoms. The molecule has 0 saturated carbocycles. The lowest BCUT2D eigenvalue weighted by Gasteiger charge is -2.15. The summed E-state index contributed by atoms with van der Waals surface area (Å²) in [6.45, 7) is 3.79. The van der Waals surface area contributed by atoms with Crippen LogP contribution in [0.3, 0.4) is 0 Å². The summed E-state index contributed by atoms with van der Waals surface area (Å²) >= 11 is 0. The molecule has 0 unspecified atom stereocenters. The summed E-state index contributed by atoms with van der Waals surface area (Å²) in [5, 5.41) is 15.2. The molecule has 2 heterocycles. The Morgan fingerprint density at radius 1 is 1.13 bits per heavy atom. The van der Waals surface area contributed by atoms with E-state index in [1.807, 2.05) is 44.2 Å². The fraction of sp³-hybridized carbons (Fsp3) is 0.227. The van der Waals surface area contributed by atoms with Gasteiger partial charge in [-0.2, -0.15) is 5.10 Å². The van der Waals surface area contributed by atoms with Crippen molar-refractivity contribution in [2.24, 2.45) is 5.10 Å². The van der Waals surface area contributed by atoms with Crippen LogP contribution >= 0.6 is 0 Å². The van der Waals surface area contributed by atoms with Crippen molar-refractivity contribution in [3.8, 4) is 17.3 Å². The van der Waals surface area contributed by atoms with Crippen molar-refractivity contribution < 1.29 is 9.84 Å². The van der Waals surface area contributed by atoms with E-state index in [9.17, 15) is 14.7 Å². The Kier molecular flexibility index (Phi) is 4.91. The molecule has 0 spiro atoms. The summed E-state index contributed by atoms with van der Waals surface area (Å²) in [5.74, 6) is 0.264. The van der Waals surface area contributed by atoms with Crippen LogP contribution in [0.4, 0.5) is 0 Å². The monoisotopic (exact) mass is 406 g/mol. The van der Waals surface area contributed by atoms with E-state index in [-0.39, 0.29) is 11.6 Å². The first-order valence-electron chi connectivity index (χ1n) is 9.51. The van der Waals surface area contributed by atoms with Crippen LogP contribution in [0.1, 0.15) is 34.7 Å². The molecule has 0 bridgehead atoms. The van der Waals surface area contributed by atoms with Gasteiger partial charge in [0.1, 0.15) is 11.3 Å². The maximum atomic E-state index is 12.6. The summed E-state index contributed by atoms with van der Waals surface area (Å²) in [6, 6.07) is 12.8. The van der Waals surface area contributed by atoms with E-state index in [2.05, 4.69) is 15.5 Å². The number of nitrogens with one attached hydrogen (secondary N) is 2. The highest BCUT2D eigenvalue weighted by Crippen LogP contribution is 2.32. The average Bonchev–Trinajstić information content (AvgIpc) is 3.16. The number of H-pyrrole nitrogens is 1. The first kappa shape index (κ1) is 19.5. The van der Waals surface area contributed by atoms with Gasteiger partial charge in [0.25, 0.3) is 5.56 Å². The Balaban J connectivity index is 1.77. The highest BCUT2D eigenvalue weighted by Gasteiger charge is 2.29. The van der Waals surface area contributed by atoms with Crippen LogP contribution in [0.5, 0.6) is 11.6 Å². The van der Waals surface area contributed by atoms with Crippen molar-refractivity contribution in [3.05, 3.63) is 85.6 Å². The SMILES string of the molecule is COc1ccccc1[C@H]1CC(c2c(O)n(-c3cc(C)cc(C)c3)c(=O)[nH]c2=O)=NN1. The number of aryl methyl sites for hydroxylation is 2. The van der Waals surface area contributed by atoms with Crippen LogP contribution in [0.2, 0.25) is 0 Å². The van der Waals surface area contributed by atoms with Gasteiger partial charge in [0.2, 0.25) is 5.88 Å². The molecule has 8 nitrogen and oxygen atoms in total. The molecule has 3 N–H and O–H groups in total. The first-order chi connectivity index (χ1) is 14.4. The molecule has 0 aliphatic carbocycles. The minimum atomic E-state index is -0.709. The van der Waals surface area contributed by atoms with E-state index in [4.69, 9.17) is 4.74 Å². The van der Waals surface area contributed by atoms with Crippen molar-refractivity contribution in [1.29, 1.82) is 0 Å². The number of hydrogen-bond donors (Lipinski definition) is 3. The Labute approximate surface area is 172 Å². The minimum absolute atomic E-state index is 0.0290. The van der Waals surface area contributed by atoms with E-state index in [1.54, 1.807) is 19.2 Å². The zero-order valence-corrected chi connectivity index (χ0v) is 16.9. The van der Waals surface area contributed by atoms with Gasteiger partial charge in [-0.1, -0.05) is 24.3 Å². The van der Waals surface area contributed by atoms with Gasteiger partial charge < -0.3 is 15.3 Å². The molecule has 0 amide bonds. The Morgan fingerprint density at radius 2 is 1.83 bits per heavy atom. The average molecular weight is 406 g/mol. The number of aromatic nitrogens is 2. The summed E-state index contributed by atoms with van der Waals surface area (Å²) < 4.78 is 6.50. The van der Waals surface area contributed by atoms with Gasteiger partial charge in [-0.15, -0.1) is 0 Å². The number of para-hydroxylation sites is 1. The fourth-order valence-electron chi connectivity index (χ4n) is 3.84. The number of hydrogen-bond acceptors (Lipinski definition) is 6. The third-order valence-corrected chi connectivity index (χ3v) is 5.11. The number of benzene rings is 2. The normalized spacial score (nSPS) is 15.6. The maximum absolute atomic E-state index is 12.6. The molecule has 154 valence electrons. The zero-order chi connectivity index (χ0) is 21.4. The lowest BCUT2D eigenvalue weighted by Crippen LogP contribution is -2.33. The van der Waals surface area contributed by atoms with Crippen molar-refractivity contribution in [3.63, 3.8) is 0 Å². The fourth-order valence-corrected chi connectivity index (χ4v) is 3.84. The van der Waals surface area contributed by atoms with Crippen LogP contribution in [0.15, 0.2) is 57.2 Å². The molecule has 3 aromatic rings. The Bertz CT molecular complexity index is 1250. The molecule has 0 radical (unpaired) electrons. The molecule has 0 saturated heterocycles. The van der Waals surface area contributed by atoms with Crippen LogP contribution in [0.25, 0.3) is 5.69 Å². The molecular weight excluding hydrogens is 384 g/mol. The number of aromatic amines is 1. The third kappa shape index (κ3) is 3.36. The van der Waals surface area contributed by atoms with Gasteiger partial charge >= 0.3 is 5.69 Å². The largest absolute Gasteiger partial charge is 0.496 e. The van der Waals surface area contributed by atoms with Crippen molar-refractivity contribution in [2.45, 2.75) is 26.3 Å². The summed E-state index contributed by atoms with van der Waals surface area (Å²) in [5.41, 5.74) is 5.16. The first-order valence-corrected chi connectivity index (χ1v) is 9.51. The van der Waals surface area contributed by atoms with Crippen LogP contribution in [-0.2, 0) is 0 Å². The second-order valence-electron chi connectivity index (χ2n) is 7.33. The number of hydrazone groups is 1. The molecule has 0 fully saturated rings. The number of ether oxygens (including phenoxy) is 1. The second-order valence-corrected chi connectivity index (χ2v) is 7.33. The molecule has 1 aliphatic rings. The lowest BCUT2D eigenvalue weighted by atomic mass is 9.99. The summed E-state index contributed by atoms with van der Waals surface area (Å²) in [4.78, 5) is 27.4. The van der Waals surface area contributed by atoms with Crippen molar-refractivity contribution >= 4 is 5.71 Å². The number of aromatic hydroxyl groups is 1. The van der Waals surface area contributed by atoms with Gasteiger partial charge in [0, 0.05) is 12.0 Å². The van der Waals surface area contributed by atoms with Gasteiger partial charge in [0.15, 0.2) is 0 Å². The molecule has 2 aromatic carbocycles. The minimum Gasteiger partial charge on any atom is -0.496 e. The quantitative estimate of drug-likeness (QED) is 0.616. The standard InChI is InChI=1S/C22H22N4O4/c1-12-8-13(2)10-14(9-12)26-21(28)19(20(27)23-22(26)29)17-11-16(24-25-17)15-6-4-5-7-18(15)30-3/h4-10,16,24,28H,11H2,1-3H3,(H,23,27,29)/t16-/m1/s1. The molecule has 1 aromatic heterocycles. The maximum Gasteiger partial charge on any atom is 0.335 e. The Morgan fingerprint density at radius 3 is 2.53 bits per heavy atom. The van der Waals surface area contributed by atoms with Gasteiger partial charge in [-0.05, 0) is 43.2 Å². The van der Waals surface area contributed by atoms with Crippen molar-refractivity contribution in [1.82, 2.24) is 15.0 Å². The van der Waals surface area contributed by atoms with Gasteiger partial charge in [-0.25, -0.2) is 9.36 Å². The summed E-state index contributed by atoms with van der Waals surface area (Å²) in [7, 11) is 1.59. The number of rotatable bonds is 4. The van der Waals surface area contributed by atoms with Crippen LogP contribution < -0.4 is 21.4 Å². The van der Waals surface area contributed by atoms with Gasteiger partial charge in [0.05, 0.1) is 24.6 Å². The van der Waals surface area contributed by atoms with E-state index in [1.165, 1.54) is 0 Å². The predicted octanol–water partition coefficient (Wildman–Crippen LogP) is 2.30. The molecular formula is C22H22N4O4. The van der Waals surface area contributed by atoms with E-state index < -0.39 is 17.1 Å². The highest BCUT2D eigenvalue weighted by atomic mass is 16.5. The highest BCUT2D eigenvalue weighted by molar-refractivity contribution is 6.03. The summed E-state index contributed by atoms with van der Waals surface area (Å²) in [6.07, 6.45) is 0.349. The number of nitrogens with zero attached hydrogens (tertiary/aromatic N) is 2. The Hall–Kier alpha value is -3.81. The zero-order valence-electron chi connectivity index (χ0n) is 16.9. The number of methoxy groups -OCH3 is 1. The van der Waals surface area contributed by atoms with E-state index in [0.717, 1.165) is 21.3 Å². The van der Waals surface area contributed by atoms with Gasteiger partial charge in [-0.3, -0.25) is 9.78 Å². The van der Waals surface area contributed by atoms with E-state index in [0.29, 0.717) is 23.6 Å². The third-order valence-electron chi connectivity index (χ3n) is 5.11. The molecule has 1 atom stereocenters. The van der Waals surface area contributed by atoms with Crippen molar-refractivity contribution in [2.75, 3.05) is 7.11 Å². The molecule has 4 rings (SSSR count). The topological polar surface area (TPSA) is 109 Å². The van der Waals surface area contributed by atoms with Crippen LogP contribution in [0, 0.1) is 13.8 Å². The molecule has 8 heteroatoms.